The molecule has 0 fully saturated rings. The molecule has 0 saturated carbocycles. The minimum Gasteiger partial charge on any atom is -0.478 e. The summed E-state index contributed by atoms with van der Waals surface area (Å²) < 4.78 is 13.3. The number of rotatable bonds is 3. The Morgan fingerprint density at radius 1 is 1.48 bits per heavy atom. The average molecular weight is 352 g/mol. The van der Waals surface area contributed by atoms with Crippen molar-refractivity contribution in [1.82, 2.24) is 10.3 Å². The van der Waals surface area contributed by atoms with E-state index in [1.807, 2.05) is 0 Å². The van der Waals surface area contributed by atoms with Crippen molar-refractivity contribution < 1.29 is 14.3 Å². The number of nitrogens with zero attached hydrogens (tertiary/aromatic N) is 2. The number of aromatic nitrogens is 1. The number of aliphatic carboxylic acids is 1. The van der Waals surface area contributed by atoms with Crippen LogP contribution < -0.4 is 5.32 Å². The zero-order valence-corrected chi connectivity index (χ0v) is 13.5. The minimum atomic E-state index is -1.11. The molecule has 118 valence electrons. The summed E-state index contributed by atoms with van der Waals surface area (Å²) in [5.74, 6) is -1.13. The van der Waals surface area contributed by atoms with Gasteiger partial charge in [0, 0.05) is 16.6 Å². The molecule has 8 heteroatoms. The van der Waals surface area contributed by atoms with Crippen LogP contribution in [0.25, 0.3) is 0 Å². The van der Waals surface area contributed by atoms with E-state index in [9.17, 15) is 14.3 Å². The normalized spacial score (nSPS) is 17.7. The molecular formula is C15H11ClFN3O2S. The highest BCUT2D eigenvalue weighted by molar-refractivity contribution is 7.11. The second kappa shape index (κ2) is 6.10. The minimum absolute atomic E-state index is 0.0683. The van der Waals surface area contributed by atoms with E-state index in [-0.39, 0.29) is 10.6 Å². The van der Waals surface area contributed by atoms with Crippen LogP contribution in [0.4, 0.5) is 4.39 Å². The number of benzene rings is 1. The molecule has 1 atom stereocenters. The van der Waals surface area contributed by atoms with Crippen molar-refractivity contribution in [1.29, 1.82) is 0 Å². The van der Waals surface area contributed by atoms with Crippen molar-refractivity contribution in [2.24, 2.45) is 4.99 Å². The monoisotopic (exact) mass is 351 g/mol. The molecule has 1 unspecified atom stereocenters. The van der Waals surface area contributed by atoms with E-state index in [0.717, 1.165) is 6.07 Å². The lowest BCUT2D eigenvalue weighted by Gasteiger charge is -2.27. The van der Waals surface area contributed by atoms with Crippen molar-refractivity contribution in [3.05, 3.63) is 62.5 Å². The molecule has 0 spiro atoms. The summed E-state index contributed by atoms with van der Waals surface area (Å²) in [4.78, 5) is 20.1. The number of allylic oxidation sites excluding steroid dienone is 1. The molecule has 1 aliphatic heterocycles. The van der Waals surface area contributed by atoms with Gasteiger partial charge in [-0.15, -0.1) is 11.3 Å². The quantitative estimate of drug-likeness (QED) is 0.889. The van der Waals surface area contributed by atoms with Crippen LogP contribution in [0.3, 0.4) is 0 Å². The molecule has 0 bridgehead atoms. The fourth-order valence-corrected chi connectivity index (χ4v) is 3.24. The van der Waals surface area contributed by atoms with Crippen LogP contribution in [0.2, 0.25) is 5.02 Å². The lowest BCUT2D eigenvalue weighted by atomic mass is 9.95. The number of nitrogens with one attached hydrogen (secondary N) is 1. The van der Waals surface area contributed by atoms with E-state index in [2.05, 4.69) is 15.3 Å². The van der Waals surface area contributed by atoms with E-state index in [1.165, 1.54) is 23.5 Å². The van der Waals surface area contributed by atoms with Crippen LogP contribution >= 0.6 is 22.9 Å². The fraction of sp³-hybridized carbons (Fsp3) is 0.133. The molecule has 1 aliphatic rings. The van der Waals surface area contributed by atoms with E-state index in [0.29, 0.717) is 22.1 Å². The van der Waals surface area contributed by atoms with Gasteiger partial charge in [-0.25, -0.2) is 19.2 Å². The van der Waals surface area contributed by atoms with Gasteiger partial charge in [-0.2, -0.15) is 0 Å². The van der Waals surface area contributed by atoms with Gasteiger partial charge in [0.1, 0.15) is 5.82 Å². The first-order valence-electron chi connectivity index (χ1n) is 6.61. The molecule has 0 aliphatic carbocycles. The van der Waals surface area contributed by atoms with Crippen LogP contribution in [0, 0.1) is 5.82 Å². The van der Waals surface area contributed by atoms with Crippen LogP contribution in [-0.2, 0) is 4.79 Å². The number of carboxylic acids is 1. The number of carboxylic acid groups (broad SMARTS) is 1. The number of carbonyl (C=O) groups is 1. The average Bonchev–Trinajstić information content (AvgIpc) is 3.00. The Morgan fingerprint density at radius 2 is 2.26 bits per heavy atom. The molecule has 0 saturated heterocycles. The summed E-state index contributed by atoms with van der Waals surface area (Å²) in [6, 6.07) is 3.13. The second-order valence-corrected chi connectivity index (χ2v) is 6.15. The first kappa shape index (κ1) is 15.6. The highest BCUT2D eigenvalue weighted by Crippen LogP contribution is 2.33. The Labute approximate surface area is 140 Å². The number of halogens is 2. The van der Waals surface area contributed by atoms with Crippen molar-refractivity contribution >= 4 is 34.7 Å². The number of amidine groups is 1. The standard InChI is InChI=1S/C15H11ClFN3O2S/c1-7-11(15(21)22)12(9-3-2-8(17)6-10(9)16)20-13(19-7)14-18-4-5-23-14/h2-6,12H,1H3,(H,19,20)(H,21,22). The van der Waals surface area contributed by atoms with E-state index < -0.39 is 17.8 Å². The highest BCUT2D eigenvalue weighted by atomic mass is 35.5. The van der Waals surface area contributed by atoms with E-state index in [4.69, 9.17) is 11.6 Å². The summed E-state index contributed by atoms with van der Waals surface area (Å²) in [6.07, 6.45) is 1.63. The first-order valence-corrected chi connectivity index (χ1v) is 7.87. The zero-order chi connectivity index (χ0) is 16.6. The summed E-state index contributed by atoms with van der Waals surface area (Å²) in [5.41, 5.74) is 0.888. The third-order valence-electron chi connectivity index (χ3n) is 3.38. The molecule has 1 aromatic heterocycles. The van der Waals surface area contributed by atoms with Crippen LogP contribution in [0.5, 0.6) is 0 Å². The summed E-state index contributed by atoms with van der Waals surface area (Å²) in [5, 5.41) is 15.1. The molecule has 1 aromatic carbocycles. The van der Waals surface area contributed by atoms with Crippen LogP contribution in [0.15, 0.2) is 46.0 Å². The summed E-state index contributed by atoms with van der Waals surface area (Å²) in [7, 11) is 0. The Kier molecular flexibility index (Phi) is 4.14. The second-order valence-electron chi connectivity index (χ2n) is 4.85. The lowest BCUT2D eigenvalue weighted by Crippen LogP contribution is -2.36. The first-order chi connectivity index (χ1) is 11.0. The maximum absolute atomic E-state index is 13.3. The molecule has 3 rings (SSSR count). The van der Waals surface area contributed by atoms with Gasteiger partial charge in [-0.3, -0.25) is 0 Å². The van der Waals surface area contributed by atoms with Crippen molar-refractivity contribution in [2.45, 2.75) is 13.0 Å². The maximum atomic E-state index is 13.3. The largest absolute Gasteiger partial charge is 0.478 e. The number of hydrogen-bond donors (Lipinski definition) is 2. The maximum Gasteiger partial charge on any atom is 0.335 e. The van der Waals surface area contributed by atoms with Crippen molar-refractivity contribution in [3.63, 3.8) is 0 Å². The summed E-state index contributed by atoms with van der Waals surface area (Å²) >= 11 is 7.48. The Morgan fingerprint density at radius 3 is 2.87 bits per heavy atom. The topological polar surface area (TPSA) is 74.6 Å². The van der Waals surface area contributed by atoms with E-state index >= 15 is 0 Å². The molecular weight excluding hydrogens is 341 g/mol. The number of aliphatic imine (C=N–C) groups is 1. The molecule has 2 N–H and O–H groups in total. The van der Waals surface area contributed by atoms with Crippen LogP contribution in [0.1, 0.15) is 23.5 Å². The zero-order valence-electron chi connectivity index (χ0n) is 11.9. The molecule has 0 amide bonds. The number of thiazole rings is 1. The van der Waals surface area contributed by atoms with Crippen LogP contribution in [-0.4, -0.2) is 21.9 Å². The molecule has 5 nitrogen and oxygen atoms in total. The van der Waals surface area contributed by atoms with Gasteiger partial charge in [-0.1, -0.05) is 17.7 Å². The Bertz CT molecular complexity index is 833. The molecule has 2 heterocycles. The van der Waals surface area contributed by atoms with Gasteiger partial charge in [0.2, 0.25) is 0 Å². The Hall–Kier alpha value is -2.25. The lowest BCUT2D eigenvalue weighted by molar-refractivity contribution is -0.133. The smallest absolute Gasteiger partial charge is 0.335 e. The SMILES string of the molecule is CC1=C(C(=O)O)C(c2ccc(F)cc2Cl)NC(c2nccs2)=N1. The third-order valence-corrected chi connectivity index (χ3v) is 4.48. The Balaban J connectivity index is 2.12. The third kappa shape index (κ3) is 2.97. The van der Waals surface area contributed by atoms with Gasteiger partial charge in [0.15, 0.2) is 10.8 Å². The van der Waals surface area contributed by atoms with Gasteiger partial charge < -0.3 is 10.4 Å². The summed E-state index contributed by atoms with van der Waals surface area (Å²) in [6.45, 7) is 1.61. The van der Waals surface area contributed by atoms with Crippen molar-refractivity contribution in [3.8, 4) is 0 Å². The van der Waals surface area contributed by atoms with Gasteiger partial charge in [0.05, 0.1) is 17.3 Å². The molecule has 0 radical (unpaired) electrons. The van der Waals surface area contributed by atoms with E-state index in [1.54, 1.807) is 18.5 Å². The van der Waals surface area contributed by atoms with Crippen molar-refractivity contribution in [2.75, 3.05) is 0 Å². The van der Waals surface area contributed by atoms with Gasteiger partial charge in [-0.05, 0) is 24.6 Å². The predicted molar refractivity (Wildman–Crippen MR) is 86.3 cm³/mol. The highest BCUT2D eigenvalue weighted by Gasteiger charge is 2.31. The fourth-order valence-electron chi connectivity index (χ4n) is 2.38. The van der Waals surface area contributed by atoms with Gasteiger partial charge >= 0.3 is 5.97 Å². The number of hydrogen-bond acceptors (Lipinski definition) is 5. The molecule has 23 heavy (non-hydrogen) atoms. The predicted octanol–water partition coefficient (Wildman–Crippen LogP) is 3.39. The molecule has 2 aromatic rings. The van der Waals surface area contributed by atoms with Gasteiger partial charge in [0.25, 0.3) is 0 Å².